The second kappa shape index (κ2) is 4.84. The van der Waals surface area contributed by atoms with Gasteiger partial charge in [0.25, 0.3) is 0 Å². The molecular formula is C15H28N2O. The maximum absolute atomic E-state index is 12.7. The molecule has 1 heterocycles. The third kappa shape index (κ3) is 2.18. The van der Waals surface area contributed by atoms with E-state index in [-0.39, 0.29) is 17.6 Å². The van der Waals surface area contributed by atoms with Gasteiger partial charge in [-0.15, -0.1) is 0 Å². The summed E-state index contributed by atoms with van der Waals surface area (Å²) in [4.78, 5) is 14.8. The van der Waals surface area contributed by atoms with Crippen LogP contribution >= 0.6 is 0 Å². The van der Waals surface area contributed by atoms with Crippen LogP contribution in [0.25, 0.3) is 0 Å². The highest BCUT2D eigenvalue weighted by atomic mass is 16.2. The molecule has 1 amide bonds. The van der Waals surface area contributed by atoms with Crippen LogP contribution in [0.15, 0.2) is 0 Å². The minimum absolute atomic E-state index is 0.0198. The van der Waals surface area contributed by atoms with Crippen LogP contribution in [0, 0.1) is 11.3 Å². The van der Waals surface area contributed by atoms with Crippen LogP contribution in [-0.2, 0) is 4.79 Å². The minimum atomic E-state index is 0.0198. The summed E-state index contributed by atoms with van der Waals surface area (Å²) in [7, 11) is 0. The quantitative estimate of drug-likeness (QED) is 0.837. The van der Waals surface area contributed by atoms with Crippen LogP contribution in [0.5, 0.6) is 0 Å². The van der Waals surface area contributed by atoms with Gasteiger partial charge in [-0.25, -0.2) is 0 Å². The van der Waals surface area contributed by atoms with Crippen molar-refractivity contribution in [3.05, 3.63) is 0 Å². The van der Waals surface area contributed by atoms with Crippen molar-refractivity contribution < 1.29 is 4.79 Å². The fourth-order valence-electron chi connectivity index (χ4n) is 3.66. The third-order valence-corrected chi connectivity index (χ3v) is 4.82. The first-order valence-corrected chi connectivity index (χ1v) is 7.46. The van der Waals surface area contributed by atoms with E-state index in [1.54, 1.807) is 0 Å². The van der Waals surface area contributed by atoms with Gasteiger partial charge in [-0.1, -0.05) is 41.0 Å². The lowest BCUT2D eigenvalue weighted by Gasteiger charge is -2.38. The van der Waals surface area contributed by atoms with E-state index < -0.39 is 0 Å². The maximum atomic E-state index is 12.7. The lowest BCUT2D eigenvalue weighted by Crippen LogP contribution is -2.48. The Morgan fingerprint density at radius 3 is 2.56 bits per heavy atom. The van der Waals surface area contributed by atoms with Crippen LogP contribution in [0.2, 0.25) is 0 Å². The van der Waals surface area contributed by atoms with E-state index in [1.165, 1.54) is 19.3 Å². The number of rotatable bonds is 3. The highest BCUT2D eigenvalue weighted by molar-refractivity contribution is 5.85. The van der Waals surface area contributed by atoms with Crippen LogP contribution in [0.1, 0.15) is 60.3 Å². The number of amides is 1. The summed E-state index contributed by atoms with van der Waals surface area (Å²) in [6, 6.07) is 0.442. The molecule has 104 valence electrons. The number of carbonyl (C=O) groups excluding carboxylic acids is 1. The van der Waals surface area contributed by atoms with E-state index in [1.807, 2.05) is 0 Å². The Bertz CT molecular complexity index is 324. The SMILES string of the molecule is CCC1NC(C(C)C)C(=O)N1C1CCCC1(C)C. The molecule has 1 saturated heterocycles. The normalized spacial score (nSPS) is 35.8. The molecule has 1 N–H and O–H groups in total. The summed E-state index contributed by atoms with van der Waals surface area (Å²) in [5.41, 5.74) is 0.274. The summed E-state index contributed by atoms with van der Waals surface area (Å²) < 4.78 is 0. The molecule has 2 aliphatic rings. The standard InChI is InChI=1S/C15H28N2O/c1-6-12-16-13(10(2)3)14(18)17(12)11-8-7-9-15(11,4)5/h10-13,16H,6-9H2,1-5H3. The molecule has 1 saturated carbocycles. The summed E-state index contributed by atoms with van der Waals surface area (Å²) in [5, 5.41) is 3.53. The van der Waals surface area contributed by atoms with Gasteiger partial charge in [0.2, 0.25) is 5.91 Å². The molecule has 2 fully saturated rings. The first kappa shape index (κ1) is 13.9. The molecule has 3 nitrogen and oxygen atoms in total. The average Bonchev–Trinajstić information content (AvgIpc) is 2.78. The minimum Gasteiger partial charge on any atom is -0.322 e. The van der Waals surface area contributed by atoms with Crippen LogP contribution in [0.3, 0.4) is 0 Å². The van der Waals surface area contributed by atoms with Crippen molar-refractivity contribution in [2.24, 2.45) is 11.3 Å². The molecule has 3 heteroatoms. The van der Waals surface area contributed by atoms with E-state index in [2.05, 4.69) is 44.8 Å². The number of carbonyl (C=O) groups is 1. The molecule has 0 spiro atoms. The number of hydrogen-bond acceptors (Lipinski definition) is 2. The van der Waals surface area contributed by atoms with E-state index >= 15 is 0 Å². The van der Waals surface area contributed by atoms with Crippen molar-refractivity contribution in [2.75, 3.05) is 0 Å². The zero-order valence-corrected chi connectivity index (χ0v) is 12.5. The summed E-state index contributed by atoms with van der Waals surface area (Å²) >= 11 is 0. The molecule has 3 unspecified atom stereocenters. The summed E-state index contributed by atoms with van der Waals surface area (Å²) in [6.45, 7) is 11.1. The smallest absolute Gasteiger partial charge is 0.241 e. The van der Waals surface area contributed by atoms with Gasteiger partial charge in [0.1, 0.15) is 0 Å². The molecule has 0 aromatic rings. The van der Waals surface area contributed by atoms with E-state index in [0.29, 0.717) is 17.9 Å². The Hall–Kier alpha value is -0.570. The number of nitrogens with zero attached hydrogens (tertiary/aromatic N) is 1. The fourth-order valence-corrected chi connectivity index (χ4v) is 3.66. The van der Waals surface area contributed by atoms with Crippen molar-refractivity contribution in [3.8, 4) is 0 Å². The van der Waals surface area contributed by atoms with Crippen molar-refractivity contribution in [3.63, 3.8) is 0 Å². The van der Waals surface area contributed by atoms with Gasteiger partial charge >= 0.3 is 0 Å². The first-order chi connectivity index (χ1) is 8.38. The predicted octanol–water partition coefficient (Wildman–Crippen LogP) is 2.76. The maximum Gasteiger partial charge on any atom is 0.241 e. The molecule has 0 aromatic carbocycles. The van der Waals surface area contributed by atoms with Crippen LogP contribution < -0.4 is 5.32 Å². The van der Waals surface area contributed by atoms with E-state index in [0.717, 1.165) is 6.42 Å². The van der Waals surface area contributed by atoms with Gasteiger partial charge in [-0.05, 0) is 30.6 Å². The molecule has 1 aliphatic heterocycles. The second-order valence-corrected chi connectivity index (χ2v) is 6.95. The predicted molar refractivity (Wildman–Crippen MR) is 74.1 cm³/mol. The van der Waals surface area contributed by atoms with Crippen molar-refractivity contribution in [1.82, 2.24) is 10.2 Å². The van der Waals surface area contributed by atoms with Crippen molar-refractivity contribution in [1.29, 1.82) is 0 Å². The molecule has 2 rings (SSSR count). The Morgan fingerprint density at radius 1 is 1.44 bits per heavy atom. The highest BCUT2D eigenvalue weighted by Gasteiger charge is 2.48. The average molecular weight is 252 g/mol. The fraction of sp³-hybridized carbons (Fsp3) is 0.933. The summed E-state index contributed by atoms with van der Waals surface area (Å²) in [5.74, 6) is 0.706. The zero-order chi connectivity index (χ0) is 13.5. The van der Waals surface area contributed by atoms with Gasteiger partial charge in [-0.2, -0.15) is 0 Å². The van der Waals surface area contributed by atoms with Gasteiger partial charge in [0.05, 0.1) is 12.2 Å². The second-order valence-electron chi connectivity index (χ2n) is 6.95. The van der Waals surface area contributed by atoms with Crippen molar-refractivity contribution >= 4 is 5.91 Å². The van der Waals surface area contributed by atoms with E-state index in [4.69, 9.17) is 0 Å². The van der Waals surface area contributed by atoms with Gasteiger partial charge in [0.15, 0.2) is 0 Å². The highest BCUT2D eigenvalue weighted by Crippen LogP contribution is 2.42. The Labute approximate surface area is 111 Å². The monoisotopic (exact) mass is 252 g/mol. The lowest BCUT2D eigenvalue weighted by atomic mass is 9.86. The molecule has 0 bridgehead atoms. The third-order valence-electron chi connectivity index (χ3n) is 4.82. The van der Waals surface area contributed by atoms with Gasteiger partial charge in [-0.3, -0.25) is 10.1 Å². The van der Waals surface area contributed by atoms with Crippen LogP contribution in [-0.4, -0.2) is 29.1 Å². The van der Waals surface area contributed by atoms with Gasteiger partial charge < -0.3 is 4.90 Å². The molecule has 0 radical (unpaired) electrons. The molecule has 1 aliphatic carbocycles. The Morgan fingerprint density at radius 2 is 2.11 bits per heavy atom. The summed E-state index contributed by atoms with van der Waals surface area (Å²) in [6.07, 6.45) is 4.91. The Balaban J connectivity index is 2.22. The topological polar surface area (TPSA) is 32.3 Å². The largest absolute Gasteiger partial charge is 0.322 e. The lowest BCUT2D eigenvalue weighted by molar-refractivity contribution is -0.134. The van der Waals surface area contributed by atoms with Crippen LogP contribution in [0.4, 0.5) is 0 Å². The molecule has 0 aromatic heterocycles. The first-order valence-electron chi connectivity index (χ1n) is 7.46. The number of nitrogens with one attached hydrogen (secondary N) is 1. The van der Waals surface area contributed by atoms with Gasteiger partial charge in [0, 0.05) is 6.04 Å². The number of hydrogen-bond donors (Lipinski definition) is 1. The zero-order valence-electron chi connectivity index (χ0n) is 12.5. The molecule has 18 heavy (non-hydrogen) atoms. The Kier molecular flexibility index (Phi) is 3.72. The molecular weight excluding hydrogens is 224 g/mol. The molecule has 3 atom stereocenters. The van der Waals surface area contributed by atoms with E-state index in [9.17, 15) is 4.79 Å². The van der Waals surface area contributed by atoms with Crippen molar-refractivity contribution in [2.45, 2.75) is 78.6 Å².